The fraction of sp³-hybridized carbons (Fsp3) is 0.238. The number of benzene rings is 2. The molecule has 2 aromatic rings. The molecule has 2 aliphatic rings. The van der Waals surface area contributed by atoms with E-state index in [-0.39, 0.29) is 11.9 Å². The van der Waals surface area contributed by atoms with Gasteiger partial charge in [-0.1, -0.05) is 51.4 Å². The minimum Gasteiger partial charge on any atom is -0.481 e. The van der Waals surface area contributed by atoms with E-state index in [0.717, 1.165) is 32.8 Å². The Balaban J connectivity index is 1.65. The van der Waals surface area contributed by atoms with Crippen molar-refractivity contribution in [2.75, 3.05) is 5.75 Å². The predicted octanol–water partition coefficient (Wildman–Crippen LogP) is 3.46. The fourth-order valence-electron chi connectivity index (χ4n) is 3.35. The van der Waals surface area contributed by atoms with E-state index in [1.165, 1.54) is 5.56 Å². The van der Waals surface area contributed by atoms with E-state index in [2.05, 4.69) is 43.6 Å². The van der Waals surface area contributed by atoms with Crippen molar-refractivity contribution < 1.29 is 19.4 Å². The van der Waals surface area contributed by atoms with Crippen molar-refractivity contribution in [3.05, 3.63) is 64.1 Å². The summed E-state index contributed by atoms with van der Waals surface area (Å²) < 4.78 is 6.27. The molecule has 0 spiro atoms. The number of nitrogens with zero attached hydrogens (tertiary/aromatic N) is 2. The lowest BCUT2D eigenvalue weighted by Gasteiger charge is -2.26. The summed E-state index contributed by atoms with van der Waals surface area (Å²) in [4.78, 5) is 23.9. The predicted molar refractivity (Wildman–Crippen MR) is 118 cm³/mol. The second-order valence-electron chi connectivity index (χ2n) is 6.92. The number of carboxylic acid groups (broad SMARTS) is 1. The van der Waals surface area contributed by atoms with Crippen molar-refractivity contribution in [2.24, 2.45) is 16.1 Å². The van der Waals surface area contributed by atoms with Gasteiger partial charge in [0, 0.05) is 26.6 Å². The third kappa shape index (κ3) is 4.73. The molecule has 2 aliphatic heterocycles. The number of thioether (sulfide) groups is 1. The highest BCUT2D eigenvalue weighted by Crippen LogP contribution is 2.36. The first-order chi connectivity index (χ1) is 14.5. The average Bonchev–Trinajstić information content (AvgIpc) is 3.06. The number of nitrogens with one attached hydrogen (secondary N) is 1. The highest BCUT2D eigenvalue weighted by Gasteiger charge is 2.33. The number of halogens is 1. The van der Waals surface area contributed by atoms with Crippen LogP contribution in [0.4, 0.5) is 0 Å². The molecule has 9 heteroatoms. The summed E-state index contributed by atoms with van der Waals surface area (Å²) in [5.74, 6) is -0.675. The van der Waals surface area contributed by atoms with E-state index in [4.69, 9.17) is 9.84 Å². The van der Waals surface area contributed by atoms with Gasteiger partial charge in [-0.05, 0) is 30.2 Å². The van der Waals surface area contributed by atoms with Gasteiger partial charge in [0.05, 0.1) is 12.1 Å². The van der Waals surface area contributed by atoms with E-state index in [1.807, 2.05) is 36.4 Å². The molecule has 0 radical (unpaired) electrons. The topological polar surface area (TPSA) is 100 Å². The molecular weight excluding hydrogens is 470 g/mol. The number of hydrogen-bond acceptors (Lipinski definition) is 6. The molecular formula is C21H18BrN3O4S. The smallest absolute Gasteiger partial charge is 0.316 e. The van der Waals surface area contributed by atoms with Crippen LogP contribution in [0.3, 0.4) is 0 Å². The van der Waals surface area contributed by atoms with Gasteiger partial charge in [-0.2, -0.15) is 0 Å². The zero-order valence-electron chi connectivity index (χ0n) is 15.7. The van der Waals surface area contributed by atoms with E-state index >= 15 is 0 Å². The van der Waals surface area contributed by atoms with Crippen molar-refractivity contribution in [3.8, 4) is 0 Å². The summed E-state index contributed by atoms with van der Waals surface area (Å²) in [5.41, 5.74) is 2.99. The van der Waals surface area contributed by atoms with Gasteiger partial charge in [0.1, 0.15) is 0 Å². The van der Waals surface area contributed by atoms with Gasteiger partial charge in [-0.3, -0.25) is 14.9 Å². The number of amidine groups is 1. The normalized spacial score (nSPS) is 23.2. The van der Waals surface area contributed by atoms with Crippen LogP contribution < -0.4 is 5.32 Å². The maximum atomic E-state index is 11.9. The van der Waals surface area contributed by atoms with Crippen molar-refractivity contribution in [3.63, 3.8) is 0 Å². The molecule has 2 unspecified atom stereocenters. The third-order valence-electron chi connectivity index (χ3n) is 4.75. The summed E-state index contributed by atoms with van der Waals surface area (Å²) >= 11 is 5.30. The number of hydrogen-bond donors (Lipinski definition) is 2. The minimum atomic E-state index is -1.12. The molecule has 2 aromatic carbocycles. The third-order valence-corrected chi connectivity index (χ3v) is 6.48. The van der Waals surface area contributed by atoms with Crippen molar-refractivity contribution in [1.29, 1.82) is 0 Å². The first-order valence-electron chi connectivity index (χ1n) is 9.31. The second kappa shape index (κ2) is 9.01. The molecule has 0 bridgehead atoms. The van der Waals surface area contributed by atoms with Gasteiger partial charge >= 0.3 is 12.0 Å². The van der Waals surface area contributed by atoms with Crippen LogP contribution in [0.1, 0.15) is 17.5 Å². The number of rotatable bonds is 5. The molecule has 0 aliphatic carbocycles. The molecule has 1 amide bonds. The summed E-state index contributed by atoms with van der Waals surface area (Å²) in [7, 11) is 0. The van der Waals surface area contributed by atoms with Gasteiger partial charge in [0.25, 0.3) is 5.91 Å². The Hall–Kier alpha value is -2.65. The van der Waals surface area contributed by atoms with E-state index in [9.17, 15) is 9.59 Å². The van der Waals surface area contributed by atoms with Crippen LogP contribution in [0, 0.1) is 5.92 Å². The highest BCUT2D eigenvalue weighted by molar-refractivity contribution is 9.10. The van der Waals surface area contributed by atoms with Crippen LogP contribution >= 0.6 is 27.7 Å². The summed E-state index contributed by atoms with van der Waals surface area (Å²) in [6.45, 7) is 0. The van der Waals surface area contributed by atoms with Crippen LogP contribution in [0.15, 0.2) is 68.1 Å². The number of carbonyl (C=O) groups is 2. The SMILES string of the molecule is O=C(O)CC1O/C(=N\N=C2/c3cc(Br)ccc3SCC2Cc2ccccc2)NC1=O. The molecule has 1 saturated heterocycles. The second-order valence-corrected chi connectivity index (χ2v) is 8.90. The largest absolute Gasteiger partial charge is 0.481 e. The molecule has 154 valence electrons. The first kappa shape index (κ1) is 20.6. The van der Waals surface area contributed by atoms with Crippen LogP contribution in [0.25, 0.3) is 0 Å². The Morgan fingerprint density at radius 2 is 2.03 bits per heavy atom. The number of carboxylic acids is 1. The quantitative estimate of drug-likeness (QED) is 0.628. The maximum absolute atomic E-state index is 11.9. The molecule has 4 rings (SSSR count). The van der Waals surface area contributed by atoms with E-state index in [0.29, 0.717) is 0 Å². The number of amides is 1. The standard InChI is InChI=1S/C21H18BrN3O4S/c22-14-6-7-17-15(9-14)19(13(11-30-17)8-12-4-2-1-3-5-12)24-25-21-23-20(28)16(29-21)10-18(26)27/h1-7,9,13,16H,8,10-11H2,(H,26,27)(H,23,25,28)/b24-19-. The monoisotopic (exact) mass is 487 g/mol. The molecule has 2 atom stereocenters. The molecule has 0 saturated carbocycles. The van der Waals surface area contributed by atoms with Crippen LogP contribution in [-0.2, 0) is 20.7 Å². The Bertz CT molecular complexity index is 1040. The minimum absolute atomic E-state index is 0.0769. The summed E-state index contributed by atoms with van der Waals surface area (Å²) in [5, 5.41) is 19.9. The van der Waals surface area contributed by atoms with Crippen molar-refractivity contribution >= 4 is 51.3 Å². The lowest BCUT2D eigenvalue weighted by Crippen LogP contribution is -2.27. The summed E-state index contributed by atoms with van der Waals surface area (Å²) in [6.07, 6.45) is -0.715. The van der Waals surface area contributed by atoms with Crippen molar-refractivity contribution in [1.82, 2.24) is 5.32 Å². The number of aliphatic carboxylic acids is 1. The van der Waals surface area contributed by atoms with Crippen LogP contribution in [0.2, 0.25) is 0 Å². The van der Waals surface area contributed by atoms with Gasteiger partial charge < -0.3 is 9.84 Å². The molecule has 0 aromatic heterocycles. The van der Waals surface area contributed by atoms with E-state index < -0.39 is 24.4 Å². The van der Waals surface area contributed by atoms with Gasteiger partial charge in [-0.15, -0.1) is 16.9 Å². The first-order valence-corrected chi connectivity index (χ1v) is 11.1. The molecule has 2 N–H and O–H groups in total. The summed E-state index contributed by atoms with van der Waals surface area (Å²) in [6, 6.07) is 16.1. The Kier molecular flexibility index (Phi) is 6.19. The van der Waals surface area contributed by atoms with E-state index in [1.54, 1.807) is 11.8 Å². The van der Waals surface area contributed by atoms with Gasteiger partial charge in [0.2, 0.25) is 0 Å². The van der Waals surface area contributed by atoms with Gasteiger partial charge in [0.15, 0.2) is 6.10 Å². The van der Waals surface area contributed by atoms with Crippen LogP contribution in [-0.4, -0.2) is 40.6 Å². The van der Waals surface area contributed by atoms with Gasteiger partial charge in [-0.25, -0.2) is 0 Å². The molecule has 2 heterocycles. The maximum Gasteiger partial charge on any atom is 0.316 e. The number of ether oxygens (including phenoxy) is 1. The zero-order valence-corrected chi connectivity index (χ0v) is 18.1. The van der Waals surface area contributed by atoms with Crippen LogP contribution in [0.5, 0.6) is 0 Å². The Labute approximate surface area is 185 Å². The molecule has 1 fully saturated rings. The Morgan fingerprint density at radius 1 is 1.23 bits per heavy atom. The zero-order chi connectivity index (χ0) is 21.1. The van der Waals surface area contributed by atoms with Crippen molar-refractivity contribution in [2.45, 2.75) is 23.8 Å². The average molecular weight is 488 g/mol. The molecule has 30 heavy (non-hydrogen) atoms. The Morgan fingerprint density at radius 3 is 2.80 bits per heavy atom. The highest BCUT2D eigenvalue weighted by atomic mass is 79.9. The fourth-order valence-corrected chi connectivity index (χ4v) is 4.85. The molecule has 7 nitrogen and oxygen atoms in total. The number of carbonyl (C=O) groups excluding carboxylic acids is 1. The lowest BCUT2D eigenvalue weighted by atomic mass is 9.91. The number of fused-ring (bicyclic) bond motifs is 1. The lowest BCUT2D eigenvalue weighted by molar-refractivity contribution is -0.141.